The largest absolute Gasteiger partial charge is 0.467 e. The van der Waals surface area contributed by atoms with Crippen molar-refractivity contribution in [2.75, 3.05) is 7.11 Å². The number of benzene rings is 1. The number of ketones is 1. The number of ether oxygens (including phenoxy) is 1. The third kappa shape index (κ3) is 4.62. The number of hydrogen-bond acceptors (Lipinski definition) is 5. The molecule has 2 heterocycles. The minimum absolute atomic E-state index is 0.142. The number of amides is 1. The van der Waals surface area contributed by atoms with E-state index in [1.54, 1.807) is 42.7 Å². The molecule has 1 unspecified atom stereocenters. The lowest BCUT2D eigenvalue weighted by Gasteiger charge is -2.28. The van der Waals surface area contributed by atoms with Crippen LogP contribution in [0.5, 0.6) is 0 Å². The maximum Gasteiger partial charge on any atom is 0.354 e. The number of rotatable bonds is 8. The molecule has 0 bridgehead atoms. The first-order valence-corrected chi connectivity index (χ1v) is 10.9. The van der Waals surface area contributed by atoms with Crippen molar-refractivity contribution in [3.8, 4) is 0 Å². The van der Waals surface area contributed by atoms with Crippen LogP contribution in [-0.4, -0.2) is 40.3 Å². The molecule has 7 nitrogen and oxygen atoms in total. The first-order chi connectivity index (χ1) is 15.7. The van der Waals surface area contributed by atoms with Gasteiger partial charge in [-0.15, -0.1) is 0 Å². The van der Waals surface area contributed by atoms with Crippen molar-refractivity contribution in [1.82, 2.24) is 9.47 Å². The summed E-state index contributed by atoms with van der Waals surface area (Å²) in [5.41, 5.74) is 3.55. The van der Waals surface area contributed by atoms with E-state index in [0.717, 1.165) is 5.56 Å². The Hall–Kier alpha value is -3.61. The third-order valence-electron chi connectivity index (χ3n) is 6.02. The fourth-order valence-corrected chi connectivity index (χ4v) is 4.18. The number of carbonyl (C=O) groups is 3. The van der Waals surface area contributed by atoms with Gasteiger partial charge in [-0.2, -0.15) is 0 Å². The maximum atomic E-state index is 13.7. The Bertz CT molecular complexity index is 1160. The summed E-state index contributed by atoms with van der Waals surface area (Å²) in [4.78, 5) is 41.1. The van der Waals surface area contributed by atoms with Crippen LogP contribution in [0.15, 0.2) is 47.1 Å². The Labute approximate surface area is 193 Å². The highest BCUT2D eigenvalue weighted by Gasteiger charge is 2.33. The number of esters is 1. The number of Topliss-reactive ketones (excluding diaryl/α,β-unsaturated/α-hetero) is 1. The van der Waals surface area contributed by atoms with Gasteiger partial charge in [0.25, 0.3) is 5.91 Å². The maximum absolute atomic E-state index is 13.7. The Morgan fingerprint density at radius 1 is 1.09 bits per heavy atom. The molecule has 0 aliphatic rings. The lowest BCUT2D eigenvalue weighted by Crippen LogP contribution is -2.43. The van der Waals surface area contributed by atoms with Gasteiger partial charge in [-0.05, 0) is 64.4 Å². The van der Waals surface area contributed by atoms with Crippen molar-refractivity contribution in [3.05, 3.63) is 82.1 Å². The van der Waals surface area contributed by atoms with Gasteiger partial charge in [-0.25, -0.2) is 4.79 Å². The number of aromatic nitrogens is 1. The summed E-state index contributed by atoms with van der Waals surface area (Å²) in [6, 6.07) is 9.96. The molecule has 1 amide bonds. The van der Waals surface area contributed by atoms with E-state index in [1.807, 2.05) is 32.9 Å². The van der Waals surface area contributed by atoms with E-state index in [4.69, 9.17) is 9.15 Å². The minimum Gasteiger partial charge on any atom is -0.467 e. The van der Waals surface area contributed by atoms with Crippen molar-refractivity contribution in [3.63, 3.8) is 0 Å². The molecule has 0 aliphatic heterocycles. The average molecular weight is 451 g/mol. The Morgan fingerprint density at radius 2 is 1.76 bits per heavy atom. The second kappa shape index (κ2) is 9.90. The molecular formula is C26H30N2O5. The molecule has 0 aliphatic carbocycles. The van der Waals surface area contributed by atoms with Crippen molar-refractivity contribution in [2.24, 2.45) is 0 Å². The highest BCUT2D eigenvalue weighted by molar-refractivity contribution is 6.07. The van der Waals surface area contributed by atoms with E-state index in [1.165, 1.54) is 18.3 Å². The van der Waals surface area contributed by atoms with Crippen LogP contribution in [0.4, 0.5) is 0 Å². The standard InChI is InChI=1S/C26H30N2O5/c1-7-27-18(4)22(17(3)23(27)26(31)32-6)24(29)19(5)28(15-21-9-8-14-33-21)25(30)20-12-10-16(2)11-13-20/h8-14,19H,7,15H2,1-6H3. The van der Waals surface area contributed by atoms with Crippen molar-refractivity contribution >= 4 is 17.7 Å². The first-order valence-electron chi connectivity index (χ1n) is 10.9. The average Bonchev–Trinajstić information content (AvgIpc) is 3.41. The van der Waals surface area contributed by atoms with Gasteiger partial charge in [-0.1, -0.05) is 17.7 Å². The molecule has 0 spiro atoms. The van der Waals surface area contributed by atoms with Gasteiger partial charge in [0.15, 0.2) is 5.78 Å². The van der Waals surface area contributed by atoms with Gasteiger partial charge >= 0.3 is 5.97 Å². The second-order valence-electron chi connectivity index (χ2n) is 8.09. The SMILES string of the molecule is CCn1c(C)c(C(=O)C(C)N(Cc2ccco2)C(=O)c2ccc(C)cc2)c(C)c1C(=O)OC. The third-order valence-corrected chi connectivity index (χ3v) is 6.02. The molecule has 33 heavy (non-hydrogen) atoms. The topological polar surface area (TPSA) is 81.8 Å². The molecule has 0 N–H and O–H groups in total. The quantitative estimate of drug-likeness (QED) is 0.366. The Balaban J connectivity index is 2.04. The predicted octanol–water partition coefficient (Wildman–Crippen LogP) is 4.73. The van der Waals surface area contributed by atoms with Crippen LogP contribution in [0.2, 0.25) is 0 Å². The fraction of sp³-hybridized carbons (Fsp3) is 0.346. The molecule has 3 aromatic rings. The predicted molar refractivity (Wildman–Crippen MR) is 124 cm³/mol. The molecule has 0 fully saturated rings. The smallest absolute Gasteiger partial charge is 0.354 e. The lowest BCUT2D eigenvalue weighted by atomic mass is 9.99. The molecule has 0 saturated heterocycles. The van der Waals surface area contributed by atoms with E-state index >= 15 is 0 Å². The molecule has 3 rings (SSSR count). The monoisotopic (exact) mass is 450 g/mol. The number of carbonyl (C=O) groups excluding carboxylic acids is 3. The van der Waals surface area contributed by atoms with Gasteiger partial charge in [0.05, 0.1) is 26.0 Å². The van der Waals surface area contributed by atoms with Crippen molar-refractivity contribution in [2.45, 2.75) is 53.8 Å². The van der Waals surface area contributed by atoms with E-state index in [9.17, 15) is 14.4 Å². The molecule has 7 heteroatoms. The Kier molecular flexibility index (Phi) is 7.21. The highest BCUT2D eigenvalue weighted by atomic mass is 16.5. The first kappa shape index (κ1) is 24.0. The van der Waals surface area contributed by atoms with Gasteiger partial charge in [0, 0.05) is 23.4 Å². The summed E-state index contributed by atoms with van der Waals surface area (Å²) >= 11 is 0. The van der Waals surface area contributed by atoms with Crippen LogP contribution < -0.4 is 0 Å². The summed E-state index contributed by atoms with van der Waals surface area (Å²) in [5, 5.41) is 0. The lowest BCUT2D eigenvalue weighted by molar-refractivity contribution is 0.0585. The van der Waals surface area contributed by atoms with E-state index in [0.29, 0.717) is 40.4 Å². The van der Waals surface area contributed by atoms with Gasteiger partial charge in [-0.3, -0.25) is 9.59 Å². The summed E-state index contributed by atoms with van der Waals surface area (Å²) in [5.74, 6) is -0.433. The molecule has 174 valence electrons. The van der Waals surface area contributed by atoms with Crippen LogP contribution in [0.3, 0.4) is 0 Å². The number of nitrogens with zero attached hydrogens (tertiary/aromatic N) is 2. The number of methoxy groups -OCH3 is 1. The van der Waals surface area contributed by atoms with Crippen LogP contribution in [0.25, 0.3) is 0 Å². The second-order valence-corrected chi connectivity index (χ2v) is 8.09. The van der Waals surface area contributed by atoms with E-state index in [2.05, 4.69) is 0 Å². The normalized spacial score (nSPS) is 11.8. The zero-order valence-electron chi connectivity index (χ0n) is 20.0. The van der Waals surface area contributed by atoms with E-state index in [-0.39, 0.29) is 18.2 Å². The van der Waals surface area contributed by atoms with Gasteiger partial charge in [0.1, 0.15) is 11.5 Å². The van der Waals surface area contributed by atoms with Crippen LogP contribution in [-0.2, 0) is 17.8 Å². The molecule has 1 aromatic carbocycles. The summed E-state index contributed by atoms with van der Waals surface area (Å²) in [7, 11) is 1.32. The summed E-state index contributed by atoms with van der Waals surface area (Å²) in [6.07, 6.45) is 1.54. The fourth-order valence-electron chi connectivity index (χ4n) is 4.18. The van der Waals surface area contributed by atoms with Gasteiger partial charge < -0.3 is 18.6 Å². The minimum atomic E-state index is -0.792. The highest BCUT2D eigenvalue weighted by Crippen LogP contribution is 2.27. The van der Waals surface area contributed by atoms with E-state index < -0.39 is 12.0 Å². The van der Waals surface area contributed by atoms with Gasteiger partial charge in [0.2, 0.25) is 0 Å². The van der Waals surface area contributed by atoms with Crippen molar-refractivity contribution in [1.29, 1.82) is 0 Å². The zero-order chi connectivity index (χ0) is 24.3. The number of hydrogen-bond donors (Lipinski definition) is 0. The van der Waals surface area contributed by atoms with Crippen LogP contribution in [0.1, 0.15) is 67.6 Å². The van der Waals surface area contributed by atoms with Crippen LogP contribution in [0, 0.1) is 20.8 Å². The summed E-state index contributed by atoms with van der Waals surface area (Å²) in [6.45, 7) is 9.76. The molecule has 0 radical (unpaired) electrons. The summed E-state index contributed by atoms with van der Waals surface area (Å²) < 4.78 is 12.2. The molecule has 0 saturated carbocycles. The van der Waals surface area contributed by atoms with Crippen LogP contribution >= 0.6 is 0 Å². The molecular weight excluding hydrogens is 420 g/mol. The molecule has 1 atom stereocenters. The number of aryl methyl sites for hydroxylation is 1. The zero-order valence-corrected chi connectivity index (χ0v) is 20.0. The number of furan rings is 1. The molecule has 2 aromatic heterocycles. The van der Waals surface area contributed by atoms with Crippen molar-refractivity contribution < 1.29 is 23.5 Å². The Morgan fingerprint density at radius 3 is 2.30 bits per heavy atom.